The molecule has 0 saturated heterocycles. The summed E-state index contributed by atoms with van der Waals surface area (Å²) in [4.78, 5) is 3.99. The van der Waals surface area contributed by atoms with Crippen molar-refractivity contribution in [3.63, 3.8) is 0 Å². The number of benzene rings is 1. The van der Waals surface area contributed by atoms with Crippen LogP contribution < -0.4 is 10.5 Å². The van der Waals surface area contributed by atoms with Gasteiger partial charge in [0.05, 0.1) is 0 Å². The molecule has 0 bridgehead atoms. The van der Waals surface area contributed by atoms with E-state index in [-0.39, 0.29) is 6.04 Å². The number of aromatic nitrogens is 3. The molecule has 0 amide bonds. The number of nitrogens with zero attached hydrogens (tertiary/aromatic N) is 3. The van der Waals surface area contributed by atoms with Crippen LogP contribution in [-0.2, 0) is 7.05 Å². The van der Waals surface area contributed by atoms with Gasteiger partial charge in [0.15, 0.2) is 0 Å². The van der Waals surface area contributed by atoms with Crippen molar-refractivity contribution in [1.82, 2.24) is 14.8 Å². The first-order valence-corrected chi connectivity index (χ1v) is 5.94. The van der Waals surface area contributed by atoms with Gasteiger partial charge in [-0.15, -0.1) is 5.10 Å². The van der Waals surface area contributed by atoms with Crippen LogP contribution in [0.25, 0.3) is 0 Å². The lowest BCUT2D eigenvalue weighted by Gasteiger charge is -2.09. The first-order chi connectivity index (χ1) is 8.06. The van der Waals surface area contributed by atoms with Crippen LogP contribution >= 0.6 is 15.9 Å². The van der Waals surface area contributed by atoms with Crippen molar-refractivity contribution in [2.24, 2.45) is 12.8 Å². The standard InChI is InChI=1S/C11H13BrN4O/c1-7(13)9-4-3-8(5-10(9)12)17-11-14-6-16(2)15-11/h3-7H,13H2,1-2H3/t7-/m0/s1. The van der Waals surface area contributed by atoms with Gasteiger partial charge >= 0.3 is 6.01 Å². The third-order valence-electron chi connectivity index (χ3n) is 2.25. The van der Waals surface area contributed by atoms with Gasteiger partial charge in [-0.3, -0.25) is 4.68 Å². The predicted molar refractivity (Wildman–Crippen MR) is 67.8 cm³/mol. The number of ether oxygens (including phenoxy) is 1. The lowest BCUT2D eigenvalue weighted by molar-refractivity contribution is 0.438. The summed E-state index contributed by atoms with van der Waals surface area (Å²) in [6.07, 6.45) is 1.58. The minimum absolute atomic E-state index is 0.0219. The van der Waals surface area contributed by atoms with Crippen molar-refractivity contribution >= 4 is 15.9 Å². The first kappa shape index (κ1) is 12.1. The van der Waals surface area contributed by atoms with Crippen LogP contribution in [0.2, 0.25) is 0 Å². The molecule has 2 N–H and O–H groups in total. The van der Waals surface area contributed by atoms with Gasteiger partial charge in [-0.1, -0.05) is 22.0 Å². The summed E-state index contributed by atoms with van der Waals surface area (Å²) in [5.41, 5.74) is 6.86. The molecule has 5 nitrogen and oxygen atoms in total. The highest BCUT2D eigenvalue weighted by Crippen LogP contribution is 2.28. The van der Waals surface area contributed by atoms with Gasteiger partial charge < -0.3 is 10.5 Å². The van der Waals surface area contributed by atoms with Gasteiger partial charge in [0.1, 0.15) is 12.1 Å². The minimum atomic E-state index is -0.0219. The van der Waals surface area contributed by atoms with Crippen molar-refractivity contribution in [2.45, 2.75) is 13.0 Å². The molecule has 90 valence electrons. The number of aryl methyl sites for hydroxylation is 1. The van der Waals surface area contributed by atoms with Crippen LogP contribution in [-0.4, -0.2) is 14.8 Å². The van der Waals surface area contributed by atoms with Gasteiger partial charge in [-0.05, 0) is 24.6 Å². The van der Waals surface area contributed by atoms with Crippen LogP contribution in [0.15, 0.2) is 29.0 Å². The molecule has 0 unspecified atom stereocenters. The number of rotatable bonds is 3. The van der Waals surface area contributed by atoms with Gasteiger partial charge in [-0.2, -0.15) is 4.98 Å². The monoisotopic (exact) mass is 296 g/mol. The molecule has 1 atom stereocenters. The van der Waals surface area contributed by atoms with Crippen LogP contribution in [0.3, 0.4) is 0 Å². The summed E-state index contributed by atoms with van der Waals surface area (Å²) < 4.78 is 8.00. The largest absolute Gasteiger partial charge is 0.423 e. The Morgan fingerprint density at radius 3 is 2.76 bits per heavy atom. The fourth-order valence-electron chi connectivity index (χ4n) is 1.41. The molecule has 0 aliphatic carbocycles. The van der Waals surface area contributed by atoms with E-state index in [1.165, 1.54) is 0 Å². The molecular formula is C11H13BrN4O. The van der Waals surface area contributed by atoms with Gasteiger partial charge in [0.25, 0.3) is 0 Å². The van der Waals surface area contributed by atoms with E-state index in [4.69, 9.17) is 10.5 Å². The zero-order valence-corrected chi connectivity index (χ0v) is 11.2. The van der Waals surface area contributed by atoms with Crippen molar-refractivity contribution < 1.29 is 4.74 Å². The summed E-state index contributed by atoms with van der Waals surface area (Å²) in [6.45, 7) is 1.93. The quantitative estimate of drug-likeness (QED) is 0.944. The molecule has 2 aromatic rings. The Morgan fingerprint density at radius 1 is 1.47 bits per heavy atom. The molecule has 2 rings (SSSR count). The Balaban J connectivity index is 2.20. The molecule has 0 saturated carbocycles. The van der Waals surface area contributed by atoms with E-state index in [2.05, 4.69) is 26.0 Å². The molecule has 0 fully saturated rings. The molecule has 0 aliphatic rings. The number of hydrogen-bond donors (Lipinski definition) is 1. The second-order valence-corrected chi connectivity index (χ2v) is 4.63. The maximum atomic E-state index is 5.82. The number of hydrogen-bond acceptors (Lipinski definition) is 4. The first-order valence-electron chi connectivity index (χ1n) is 5.15. The Bertz CT molecular complexity index is 524. The third kappa shape index (κ3) is 2.83. The number of halogens is 1. The zero-order chi connectivity index (χ0) is 12.4. The minimum Gasteiger partial charge on any atom is -0.423 e. The molecule has 1 aromatic heterocycles. The molecule has 1 heterocycles. The topological polar surface area (TPSA) is 66.0 Å². The summed E-state index contributed by atoms with van der Waals surface area (Å²) in [7, 11) is 1.79. The third-order valence-corrected chi connectivity index (χ3v) is 2.94. The summed E-state index contributed by atoms with van der Waals surface area (Å²) in [5.74, 6) is 0.674. The Kier molecular flexibility index (Phi) is 3.44. The maximum Gasteiger partial charge on any atom is 0.340 e. The van der Waals surface area contributed by atoms with Crippen LogP contribution in [0.4, 0.5) is 0 Å². The van der Waals surface area contributed by atoms with Gasteiger partial charge in [0.2, 0.25) is 0 Å². The van der Waals surface area contributed by atoms with Crippen LogP contribution in [0, 0.1) is 0 Å². The normalized spacial score (nSPS) is 12.5. The maximum absolute atomic E-state index is 5.82. The van der Waals surface area contributed by atoms with Crippen LogP contribution in [0.1, 0.15) is 18.5 Å². The molecule has 0 radical (unpaired) electrons. The Morgan fingerprint density at radius 2 is 2.24 bits per heavy atom. The smallest absolute Gasteiger partial charge is 0.340 e. The van der Waals surface area contributed by atoms with Gasteiger partial charge in [0, 0.05) is 17.6 Å². The molecular weight excluding hydrogens is 284 g/mol. The van der Waals surface area contributed by atoms with Crippen molar-refractivity contribution in [1.29, 1.82) is 0 Å². The van der Waals surface area contributed by atoms with Crippen molar-refractivity contribution in [3.8, 4) is 11.8 Å². The molecule has 1 aromatic carbocycles. The lowest BCUT2D eigenvalue weighted by Crippen LogP contribution is -2.05. The van der Waals surface area contributed by atoms with Crippen molar-refractivity contribution in [3.05, 3.63) is 34.6 Å². The lowest BCUT2D eigenvalue weighted by atomic mass is 10.1. The molecule has 6 heteroatoms. The molecule has 17 heavy (non-hydrogen) atoms. The van der Waals surface area contributed by atoms with Gasteiger partial charge in [-0.25, -0.2) is 0 Å². The zero-order valence-electron chi connectivity index (χ0n) is 9.59. The highest BCUT2D eigenvalue weighted by atomic mass is 79.9. The summed E-state index contributed by atoms with van der Waals surface area (Å²) in [5, 5.41) is 4.04. The Hall–Kier alpha value is -1.40. The average molecular weight is 297 g/mol. The van der Waals surface area contributed by atoms with E-state index >= 15 is 0 Å². The molecule has 0 aliphatic heterocycles. The second kappa shape index (κ2) is 4.85. The van der Waals surface area contributed by atoms with E-state index in [9.17, 15) is 0 Å². The highest BCUT2D eigenvalue weighted by Gasteiger charge is 2.08. The van der Waals surface area contributed by atoms with Crippen LogP contribution in [0.5, 0.6) is 11.8 Å². The summed E-state index contributed by atoms with van der Waals surface area (Å²) in [6, 6.07) is 5.93. The van der Waals surface area contributed by atoms with E-state index in [0.717, 1.165) is 10.0 Å². The average Bonchev–Trinajstić information content (AvgIpc) is 2.63. The fourth-order valence-corrected chi connectivity index (χ4v) is 2.13. The highest BCUT2D eigenvalue weighted by molar-refractivity contribution is 9.10. The molecule has 0 spiro atoms. The van der Waals surface area contributed by atoms with E-state index in [1.807, 2.05) is 25.1 Å². The fraction of sp³-hybridized carbons (Fsp3) is 0.273. The predicted octanol–water partition coefficient (Wildman–Crippen LogP) is 2.39. The summed E-state index contributed by atoms with van der Waals surface area (Å²) >= 11 is 3.46. The van der Waals surface area contributed by atoms with E-state index in [1.54, 1.807) is 18.1 Å². The van der Waals surface area contributed by atoms with E-state index < -0.39 is 0 Å². The number of nitrogens with two attached hydrogens (primary N) is 1. The second-order valence-electron chi connectivity index (χ2n) is 3.77. The van der Waals surface area contributed by atoms with Crippen molar-refractivity contribution in [2.75, 3.05) is 0 Å². The SMILES string of the molecule is C[C@H](N)c1ccc(Oc2ncn(C)n2)cc1Br. The van der Waals surface area contributed by atoms with E-state index in [0.29, 0.717) is 11.8 Å². The Labute approximate surface area is 108 Å².